The van der Waals surface area contributed by atoms with Crippen molar-refractivity contribution >= 4 is 5.69 Å². The average molecular weight is 274 g/mol. The van der Waals surface area contributed by atoms with Gasteiger partial charge in [0.05, 0.1) is 5.69 Å². The highest BCUT2D eigenvalue weighted by molar-refractivity contribution is 5.55. The molecule has 1 aromatic rings. The Morgan fingerprint density at radius 2 is 1.89 bits per heavy atom. The van der Waals surface area contributed by atoms with Crippen LogP contribution in [0.1, 0.15) is 24.3 Å². The SMILES string of the molecule is CN1CCC(c2ccc(OC(F)(F)F)c(N)c2)CC1. The van der Waals surface area contributed by atoms with Gasteiger partial charge in [-0.05, 0) is 56.6 Å². The van der Waals surface area contributed by atoms with Crippen molar-refractivity contribution in [3.8, 4) is 5.75 Å². The first kappa shape index (κ1) is 14.0. The van der Waals surface area contributed by atoms with E-state index in [-0.39, 0.29) is 11.4 Å². The number of rotatable bonds is 2. The fraction of sp³-hybridized carbons (Fsp3) is 0.538. The average Bonchev–Trinajstić information content (AvgIpc) is 2.31. The van der Waals surface area contributed by atoms with Crippen LogP contribution in [0.4, 0.5) is 18.9 Å². The first-order chi connectivity index (χ1) is 8.85. The summed E-state index contributed by atoms with van der Waals surface area (Å²) in [6, 6.07) is 4.57. The van der Waals surface area contributed by atoms with Gasteiger partial charge in [-0.3, -0.25) is 0 Å². The van der Waals surface area contributed by atoms with Crippen LogP contribution in [0.15, 0.2) is 18.2 Å². The smallest absolute Gasteiger partial charge is 0.404 e. The van der Waals surface area contributed by atoms with Crippen LogP contribution in [-0.4, -0.2) is 31.4 Å². The summed E-state index contributed by atoms with van der Waals surface area (Å²) in [6.45, 7) is 1.98. The Hall–Kier alpha value is -1.43. The lowest BCUT2D eigenvalue weighted by molar-refractivity contribution is -0.274. The molecule has 1 aliphatic rings. The van der Waals surface area contributed by atoms with Gasteiger partial charge >= 0.3 is 6.36 Å². The third kappa shape index (κ3) is 3.76. The van der Waals surface area contributed by atoms with E-state index in [0.717, 1.165) is 31.5 Å². The summed E-state index contributed by atoms with van der Waals surface area (Å²) in [5.41, 5.74) is 6.65. The van der Waals surface area contributed by atoms with Crippen molar-refractivity contribution < 1.29 is 17.9 Å². The molecule has 0 spiro atoms. The molecule has 106 valence electrons. The summed E-state index contributed by atoms with van der Waals surface area (Å²) >= 11 is 0. The minimum absolute atomic E-state index is 0.0359. The molecule has 0 aromatic heterocycles. The van der Waals surface area contributed by atoms with Gasteiger partial charge in [0.25, 0.3) is 0 Å². The molecule has 1 aromatic carbocycles. The fourth-order valence-electron chi connectivity index (χ4n) is 2.38. The number of hydrogen-bond donors (Lipinski definition) is 1. The van der Waals surface area contributed by atoms with Crippen LogP contribution in [0.5, 0.6) is 5.75 Å². The summed E-state index contributed by atoms with van der Waals surface area (Å²) in [5, 5.41) is 0. The van der Waals surface area contributed by atoms with E-state index in [1.165, 1.54) is 6.07 Å². The van der Waals surface area contributed by atoms with Gasteiger partial charge in [0.15, 0.2) is 5.75 Å². The second-order valence-corrected chi connectivity index (χ2v) is 4.92. The van der Waals surface area contributed by atoms with Gasteiger partial charge in [-0.15, -0.1) is 13.2 Å². The summed E-state index contributed by atoms with van der Waals surface area (Å²) < 4.78 is 40.3. The zero-order chi connectivity index (χ0) is 14.0. The molecular formula is C13H17F3N2O. The summed E-state index contributed by atoms with van der Waals surface area (Å²) in [6.07, 6.45) is -2.71. The lowest BCUT2D eigenvalue weighted by Crippen LogP contribution is -2.29. The standard InChI is InChI=1S/C13H17F3N2O/c1-18-6-4-9(5-7-18)10-2-3-12(11(17)8-10)19-13(14,15)16/h2-3,8-9H,4-7,17H2,1H3. The monoisotopic (exact) mass is 274 g/mol. The van der Waals surface area contributed by atoms with Crippen molar-refractivity contribution in [3.63, 3.8) is 0 Å². The number of hydrogen-bond acceptors (Lipinski definition) is 3. The number of alkyl halides is 3. The molecular weight excluding hydrogens is 257 g/mol. The molecule has 1 fully saturated rings. The number of nitrogens with zero attached hydrogens (tertiary/aromatic N) is 1. The number of nitrogens with two attached hydrogens (primary N) is 1. The number of piperidine rings is 1. The number of anilines is 1. The Morgan fingerprint density at radius 3 is 2.42 bits per heavy atom. The van der Waals surface area contributed by atoms with Gasteiger partial charge in [0.2, 0.25) is 0 Å². The molecule has 0 aliphatic carbocycles. The van der Waals surface area contributed by atoms with Crippen LogP contribution < -0.4 is 10.5 Å². The van der Waals surface area contributed by atoms with Gasteiger partial charge in [0, 0.05) is 0 Å². The number of benzene rings is 1. The van der Waals surface area contributed by atoms with Crippen molar-refractivity contribution in [3.05, 3.63) is 23.8 Å². The molecule has 6 heteroatoms. The molecule has 0 amide bonds. The van der Waals surface area contributed by atoms with E-state index < -0.39 is 6.36 Å². The van der Waals surface area contributed by atoms with Gasteiger partial charge in [-0.25, -0.2) is 0 Å². The summed E-state index contributed by atoms with van der Waals surface area (Å²) in [7, 11) is 2.06. The van der Waals surface area contributed by atoms with Crippen LogP contribution in [0.25, 0.3) is 0 Å². The van der Waals surface area contributed by atoms with E-state index in [2.05, 4.69) is 16.7 Å². The maximum Gasteiger partial charge on any atom is 0.573 e. The highest BCUT2D eigenvalue weighted by atomic mass is 19.4. The van der Waals surface area contributed by atoms with E-state index >= 15 is 0 Å². The molecule has 0 radical (unpaired) electrons. The van der Waals surface area contributed by atoms with Crippen molar-refractivity contribution in [2.45, 2.75) is 25.1 Å². The minimum Gasteiger partial charge on any atom is -0.404 e. The van der Waals surface area contributed by atoms with Gasteiger partial charge in [-0.2, -0.15) is 0 Å². The Balaban J connectivity index is 2.10. The number of ether oxygens (including phenoxy) is 1. The van der Waals surface area contributed by atoms with Crippen LogP contribution >= 0.6 is 0 Å². The lowest BCUT2D eigenvalue weighted by Gasteiger charge is -2.29. The third-order valence-electron chi connectivity index (χ3n) is 3.45. The summed E-state index contributed by atoms with van der Waals surface area (Å²) in [4.78, 5) is 2.24. The first-order valence-electron chi connectivity index (χ1n) is 6.19. The van der Waals surface area contributed by atoms with E-state index in [4.69, 9.17) is 5.73 Å². The zero-order valence-corrected chi connectivity index (χ0v) is 10.7. The van der Waals surface area contributed by atoms with Crippen LogP contribution in [0.2, 0.25) is 0 Å². The predicted octanol–water partition coefficient (Wildman–Crippen LogP) is 2.98. The quantitative estimate of drug-likeness (QED) is 0.843. The molecule has 1 heterocycles. The topological polar surface area (TPSA) is 38.5 Å². The molecule has 1 saturated heterocycles. The Kier molecular flexibility index (Phi) is 3.89. The molecule has 2 rings (SSSR count). The minimum atomic E-state index is -4.71. The van der Waals surface area contributed by atoms with Crippen LogP contribution in [-0.2, 0) is 0 Å². The molecule has 0 saturated carbocycles. The van der Waals surface area contributed by atoms with Crippen LogP contribution in [0, 0.1) is 0 Å². The molecule has 3 nitrogen and oxygen atoms in total. The number of nitrogen functional groups attached to an aromatic ring is 1. The van der Waals surface area contributed by atoms with E-state index in [0.29, 0.717) is 5.92 Å². The van der Waals surface area contributed by atoms with Crippen molar-refractivity contribution in [2.24, 2.45) is 0 Å². The normalized spacial score (nSPS) is 18.5. The Bertz CT molecular complexity index is 440. The number of halogens is 3. The third-order valence-corrected chi connectivity index (χ3v) is 3.45. The highest BCUT2D eigenvalue weighted by Gasteiger charge is 2.32. The maximum absolute atomic E-state index is 12.1. The van der Waals surface area contributed by atoms with Gasteiger partial charge in [-0.1, -0.05) is 6.07 Å². The number of likely N-dealkylation sites (tertiary alicyclic amines) is 1. The molecule has 1 aliphatic heterocycles. The molecule has 0 bridgehead atoms. The predicted molar refractivity (Wildman–Crippen MR) is 67.0 cm³/mol. The molecule has 0 atom stereocenters. The maximum atomic E-state index is 12.1. The van der Waals surface area contributed by atoms with E-state index in [9.17, 15) is 13.2 Å². The Morgan fingerprint density at radius 1 is 1.26 bits per heavy atom. The van der Waals surface area contributed by atoms with Crippen molar-refractivity contribution in [1.29, 1.82) is 0 Å². The Labute approximate surface area is 110 Å². The van der Waals surface area contributed by atoms with Gasteiger partial charge < -0.3 is 15.4 Å². The second-order valence-electron chi connectivity index (χ2n) is 4.92. The summed E-state index contributed by atoms with van der Waals surface area (Å²) in [5.74, 6) is 0.0302. The van der Waals surface area contributed by atoms with E-state index in [1.54, 1.807) is 12.1 Å². The van der Waals surface area contributed by atoms with E-state index in [1.807, 2.05) is 0 Å². The van der Waals surface area contributed by atoms with Crippen molar-refractivity contribution in [1.82, 2.24) is 4.90 Å². The molecule has 2 N–H and O–H groups in total. The largest absolute Gasteiger partial charge is 0.573 e. The zero-order valence-electron chi connectivity index (χ0n) is 10.7. The fourth-order valence-corrected chi connectivity index (χ4v) is 2.38. The first-order valence-corrected chi connectivity index (χ1v) is 6.19. The van der Waals surface area contributed by atoms with Gasteiger partial charge in [0.1, 0.15) is 0 Å². The molecule has 19 heavy (non-hydrogen) atoms. The second kappa shape index (κ2) is 5.28. The van der Waals surface area contributed by atoms with Crippen molar-refractivity contribution in [2.75, 3.05) is 25.9 Å². The van der Waals surface area contributed by atoms with Crippen LogP contribution in [0.3, 0.4) is 0 Å². The lowest BCUT2D eigenvalue weighted by atomic mass is 9.89. The molecule has 0 unspecified atom stereocenters. The highest BCUT2D eigenvalue weighted by Crippen LogP contribution is 2.34.